The lowest BCUT2D eigenvalue weighted by Crippen LogP contribution is -2.26. The van der Waals surface area contributed by atoms with Crippen LogP contribution in [0, 0.1) is 0 Å². The van der Waals surface area contributed by atoms with Gasteiger partial charge in [0.25, 0.3) is 0 Å². The highest BCUT2D eigenvalue weighted by atomic mass is 79.9. The number of benzene rings is 5. The monoisotopic (exact) mass is 661 g/mol. The molecular formula is C38H33Br2N. The Labute approximate surface area is 261 Å². The minimum absolute atomic E-state index is 0.893. The minimum Gasteiger partial charge on any atom is -0.369 e. The van der Waals surface area contributed by atoms with Gasteiger partial charge in [0.05, 0.1) is 5.69 Å². The Balaban J connectivity index is 1.42. The van der Waals surface area contributed by atoms with Crippen molar-refractivity contribution in [2.45, 2.75) is 12.8 Å². The summed E-state index contributed by atoms with van der Waals surface area (Å²) in [6, 6.07) is 49.1. The van der Waals surface area contributed by atoms with Gasteiger partial charge in [0.2, 0.25) is 0 Å². The van der Waals surface area contributed by atoms with Crippen molar-refractivity contribution in [1.82, 2.24) is 0 Å². The van der Waals surface area contributed by atoms with Crippen molar-refractivity contribution < 1.29 is 0 Å². The zero-order valence-corrected chi connectivity index (χ0v) is 26.1. The summed E-state index contributed by atoms with van der Waals surface area (Å²) >= 11 is 7.67. The van der Waals surface area contributed by atoms with Crippen molar-refractivity contribution in [1.29, 1.82) is 0 Å². The molecule has 0 spiro atoms. The van der Waals surface area contributed by atoms with Gasteiger partial charge in [-0.25, -0.2) is 0 Å². The molecule has 0 fully saturated rings. The fourth-order valence-electron chi connectivity index (χ4n) is 5.13. The van der Waals surface area contributed by atoms with Crippen LogP contribution in [0.5, 0.6) is 0 Å². The van der Waals surface area contributed by atoms with Gasteiger partial charge in [-0.15, -0.1) is 0 Å². The van der Waals surface area contributed by atoms with E-state index in [-0.39, 0.29) is 0 Å². The summed E-state index contributed by atoms with van der Waals surface area (Å²) in [5.41, 5.74) is 8.70. The van der Waals surface area contributed by atoms with Crippen molar-refractivity contribution in [3.05, 3.63) is 183 Å². The second-order valence-corrected chi connectivity index (χ2v) is 11.5. The van der Waals surface area contributed by atoms with Crippen LogP contribution in [0.15, 0.2) is 161 Å². The zero-order chi connectivity index (χ0) is 28.3. The van der Waals surface area contributed by atoms with Crippen molar-refractivity contribution in [2.24, 2.45) is 0 Å². The molecule has 0 aromatic heterocycles. The Hall–Kier alpha value is -3.66. The highest BCUT2D eigenvalue weighted by molar-refractivity contribution is 9.11. The average Bonchev–Trinajstić information content (AvgIpc) is 3.02. The molecular weight excluding hydrogens is 630 g/mol. The zero-order valence-electron chi connectivity index (χ0n) is 23.0. The largest absolute Gasteiger partial charge is 0.369 e. The van der Waals surface area contributed by atoms with E-state index in [1.165, 1.54) is 39.1 Å². The smallest absolute Gasteiger partial charge is 0.0655 e. The molecule has 0 atom stereocenters. The van der Waals surface area contributed by atoms with E-state index in [0.29, 0.717) is 0 Å². The fourth-order valence-corrected chi connectivity index (χ4v) is 6.63. The molecule has 0 amide bonds. The van der Waals surface area contributed by atoms with Gasteiger partial charge >= 0.3 is 0 Å². The van der Waals surface area contributed by atoms with E-state index in [9.17, 15) is 0 Å². The lowest BCUT2D eigenvalue weighted by molar-refractivity contribution is 0.786. The predicted molar refractivity (Wildman–Crippen MR) is 183 cm³/mol. The SMILES string of the molecule is Brc1cccc(Br)c1N(CCC=C(c1ccccc1)c1ccccc1)CCC=C(c1ccccc1)c1ccccc1. The van der Waals surface area contributed by atoms with Gasteiger partial charge in [-0.3, -0.25) is 0 Å². The lowest BCUT2D eigenvalue weighted by atomic mass is 9.96. The third-order valence-corrected chi connectivity index (χ3v) is 8.37. The molecule has 5 rings (SSSR count). The molecule has 1 nitrogen and oxygen atoms in total. The second-order valence-electron chi connectivity index (χ2n) is 9.83. The van der Waals surface area contributed by atoms with E-state index in [0.717, 1.165) is 34.9 Å². The Morgan fingerprint density at radius 3 is 1.07 bits per heavy atom. The van der Waals surface area contributed by atoms with Crippen LogP contribution in [0.3, 0.4) is 0 Å². The third kappa shape index (κ3) is 7.75. The maximum atomic E-state index is 3.83. The van der Waals surface area contributed by atoms with Crippen LogP contribution in [0.1, 0.15) is 35.1 Å². The number of para-hydroxylation sites is 1. The Morgan fingerprint density at radius 2 is 0.756 bits per heavy atom. The Morgan fingerprint density at radius 1 is 0.439 bits per heavy atom. The summed E-state index contributed by atoms with van der Waals surface area (Å²) in [4.78, 5) is 2.49. The molecule has 0 aliphatic heterocycles. The molecule has 0 aliphatic carbocycles. The number of hydrogen-bond donors (Lipinski definition) is 0. The molecule has 0 bridgehead atoms. The van der Waals surface area contributed by atoms with Gasteiger partial charge in [0.1, 0.15) is 0 Å². The predicted octanol–water partition coefficient (Wildman–Crippen LogP) is 11.1. The van der Waals surface area contributed by atoms with Gasteiger partial charge in [0.15, 0.2) is 0 Å². The van der Waals surface area contributed by atoms with Gasteiger partial charge in [-0.1, -0.05) is 140 Å². The van der Waals surface area contributed by atoms with Crippen molar-refractivity contribution in [3.8, 4) is 0 Å². The van der Waals surface area contributed by atoms with Crippen LogP contribution in [0.25, 0.3) is 11.1 Å². The molecule has 0 N–H and O–H groups in total. The van der Waals surface area contributed by atoms with E-state index >= 15 is 0 Å². The normalized spacial score (nSPS) is 10.6. The standard InChI is InChI=1S/C38H33Br2N/c39-36-26-13-27-37(40)38(36)41(28-14-24-34(30-16-5-1-6-17-30)31-18-7-2-8-19-31)29-15-25-35(32-20-9-3-10-21-32)33-22-11-4-12-23-33/h1-13,16-27H,14-15,28-29H2. The average molecular weight is 663 g/mol. The molecule has 204 valence electrons. The van der Waals surface area contributed by atoms with Crippen LogP contribution in [-0.2, 0) is 0 Å². The van der Waals surface area contributed by atoms with Crippen LogP contribution >= 0.6 is 31.9 Å². The van der Waals surface area contributed by atoms with Crippen molar-refractivity contribution >= 4 is 48.7 Å². The molecule has 5 aromatic rings. The Kier molecular flexibility index (Phi) is 10.4. The topological polar surface area (TPSA) is 3.24 Å². The number of rotatable bonds is 11. The molecule has 41 heavy (non-hydrogen) atoms. The second kappa shape index (κ2) is 14.8. The van der Waals surface area contributed by atoms with Crippen molar-refractivity contribution in [2.75, 3.05) is 18.0 Å². The van der Waals surface area contributed by atoms with Crippen LogP contribution < -0.4 is 4.90 Å². The quantitative estimate of drug-likeness (QED) is 0.136. The first-order chi connectivity index (χ1) is 20.2. The van der Waals surface area contributed by atoms with Gasteiger partial charge < -0.3 is 4.90 Å². The van der Waals surface area contributed by atoms with Crippen LogP contribution in [0.4, 0.5) is 5.69 Å². The highest BCUT2D eigenvalue weighted by Gasteiger charge is 2.14. The maximum Gasteiger partial charge on any atom is 0.0655 e. The molecule has 0 aliphatic rings. The van der Waals surface area contributed by atoms with Crippen LogP contribution in [-0.4, -0.2) is 13.1 Å². The molecule has 0 heterocycles. The first kappa shape index (κ1) is 28.9. The van der Waals surface area contributed by atoms with Gasteiger partial charge in [-0.2, -0.15) is 0 Å². The summed E-state index contributed by atoms with van der Waals surface area (Å²) in [6.45, 7) is 1.79. The number of anilines is 1. The van der Waals surface area contributed by atoms with Gasteiger partial charge in [-0.05, 0) is 90.2 Å². The van der Waals surface area contributed by atoms with E-state index in [1.807, 2.05) is 0 Å². The van der Waals surface area contributed by atoms with E-state index < -0.39 is 0 Å². The lowest BCUT2D eigenvalue weighted by Gasteiger charge is -2.27. The van der Waals surface area contributed by atoms with E-state index in [1.54, 1.807) is 0 Å². The molecule has 0 radical (unpaired) electrons. The molecule has 0 unspecified atom stereocenters. The van der Waals surface area contributed by atoms with Gasteiger partial charge in [0, 0.05) is 22.0 Å². The first-order valence-corrected chi connectivity index (χ1v) is 15.6. The first-order valence-electron chi connectivity index (χ1n) is 14.0. The highest BCUT2D eigenvalue weighted by Crippen LogP contribution is 2.35. The molecule has 0 saturated carbocycles. The third-order valence-electron chi connectivity index (χ3n) is 7.09. The summed E-state index contributed by atoms with van der Waals surface area (Å²) in [5, 5.41) is 0. The fraction of sp³-hybridized carbons (Fsp3) is 0.105. The summed E-state index contributed by atoms with van der Waals surface area (Å²) in [5.74, 6) is 0. The molecule has 3 heteroatoms. The molecule has 0 saturated heterocycles. The number of halogens is 2. The minimum atomic E-state index is 0.893. The summed E-state index contributed by atoms with van der Waals surface area (Å²) in [7, 11) is 0. The maximum absolute atomic E-state index is 3.83. The number of hydrogen-bond acceptors (Lipinski definition) is 1. The molecule has 5 aromatic carbocycles. The summed E-state index contributed by atoms with van der Waals surface area (Å²) < 4.78 is 2.19. The number of nitrogens with zero attached hydrogens (tertiary/aromatic N) is 1. The van der Waals surface area contributed by atoms with E-state index in [2.05, 4.69) is 188 Å². The van der Waals surface area contributed by atoms with Crippen molar-refractivity contribution in [3.63, 3.8) is 0 Å². The van der Waals surface area contributed by atoms with Crippen LogP contribution in [0.2, 0.25) is 0 Å². The summed E-state index contributed by atoms with van der Waals surface area (Å²) in [6.07, 6.45) is 6.61. The Bertz CT molecular complexity index is 1380. The van der Waals surface area contributed by atoms with E-state index in [4.69, 9.17) is 0 Å².